The summed E-state index contributed by atoms with van der Waals surface area (Å²) in [6.07, 6.45) is 2.42. The van der Waals surface area contributed by atoms with Gasteiger partial charge in [-0.05, 0) is 55.1 Å². The van der Waals surface area contributed by atoms with Crippen molar-refractivity contribution in [1.82, 2.24) is 5.32 Å². The summed E-state index contributed by atoms with van der Waals surface area (Å²) in [5.41, 5.74) is 2.58. The van der Waals surface area contributed by atoms with Crippen molar-refractivity contribution < 1.29 is 9.47 Å². The van der Waals surface area contributed by atoms with E-state index < -0.39 is 0 Å². The Morgan fingerprint density at radius 1 is 1.18 bits per heavy atom. The molecule has 0 aliphatic carbocycles. The van der Waals surface area contributed by atoms with Gasteiger partial charge >= 0.3 is 0 Å². The Balaban J connectivity index is 2.21. The summed E-state index contributed by atoms with van der Waals surface area (Å²) < 4.78 is 10.6. The summed E-state index contributed by atoms with van der Waals surface area (Å²) in [5, 5.41) is 3.40. The van der Waals surface area contributed by atoms with Crippen molar-refractivity contribution in [2.75, 3.05) is 27.3 Å². The maximum atomic E-state index is 5.36. The molecular weight excluding hydrogens is 214 g/mol. The van der Waals surface area contributed by atoms with E-state index in [4.69, 9.17) is 9.47 Å². The molecule has 3 nitrogen and oxygen atoms in total. The van der Waals surface area contributed by atoms with Gasteiger partial charge in [-0.1, -0.05) is 6.07 Å². The first-order valence-corrected chi connectivity index (χ1v) is 6.21. The van der Waals surface area contributed by atoms with Crippen molar-refractivity contribution in [2.24, 2.45) is 0 Å². The molecule has 0 aromatic heterocycles. The van der Waals surface area contributed by atoms with E-state index in [-0.39, 0.29) is 0 Å². The highest BCUT2D eigenvalue weighted by atomic mass is 16.5. The Morgan fingerprint density at radius 3 is 2.59 bits per heavy atom. The third kappa shape index (κ3) is 3.20. The molecule has 1 saturated heterocycles. The quantitative estimate of drug-likeness (QED) is 0.868. The van der Waals surface area contributed by atoms with Crippen molar-refractivity contribution in [2.45, 2.75) is 25.4 Å². The summed E-state index contributed by atoms with van der Waals surface area (Å²) in [4.78, 5) is 0. The van der Waals surface area contributed by atoms with Gasteiger partial charge in [0.05, 0.1) is 13.7 Å². The van der Waals surface area contributed by atoms with E-state index >= 15 is 0 Å². The molecule has 3 heteroatoms. The van der Waals surface area contributed by atoms with Gasteiger partial charge in [-0.3, -0.25) is 0 Å². The van der Waals surface area contributed by atoms with Crippen LogP contribution in [0.3, 0.4) is 0 Å². The molecule has 1 aliphatic rings. The minimum Gasteiger partial charge on any atom is -0.497 e. The van der Waals surface area contributed by atoms with Crippen LogP contribution in [-0.2, 0) is 11.3 Å². The van der Waals surface area contributed by atoms with Gasteiger partial charge in [0.25, 0.3) is 0 Å². The molecule has 17 heavy (non-hydrogen) atoms. The second kappa shape index (κ2) is 6.03. The first-order valence-electron chi connectivity index (χ1n) is 6.21. The van der Waals surface area contributed by atoms with Crippen LogP contribution in [0.4, 0.5) is 0 Å². The zero-order valence-electron chi connectivity index (χ0n) is 10.7. The van der Waals surface area contributed by atoms with Crippen molar-refractivity contribution in [3.05, 3.63) is 29.3 Å². The first-order chi connectivity index (χ1) is 8.33. The van der Waals surface area contributed by atoms with E-state index in [1.807, 2.05) is 6.07 Å². The van der Waals surface area contributed by atoms with Crippen LogP contribution in [-0.4, -0.2) is 27.3 Å². The monoisotopic (exact) mass is 235 g/mol. The predicted octanol–water partition coefficient (Wildman–Crippen LogP) is 2.31. The molecule has 1 aromatic carbocycles. The minimum absolute atomic E-state index is 0.648. The van der Waals surface area contributed by atoms with Gasteiger partial charge in [-0.2, -0.15) is 0 Å². The lowest BCUT2D eigenvalue weighted by Gasteiger charge is -2.24. The average Bonchev–Trinajstić information content (AvgIpc) is 2.40. The van der Waals surface area contributed by atoms with Crippen LogP contribution in [0.25, 0.3) is 0 Å². The lowest BCUT2D eigenvalue weighted by atomic mass is 9.89. The zero-order valence-corrected chi connectivity index (χ0v) is 10.7. The summed E-state index contributed by atoms with van der Waals surface area (Å²) in [6, 6.07) is 6.46. The third-order valence-corrected chi connectivity index (χ3v) is 3.35. The smallest absolute Gasteiger partial charge is 0.119 e. The van der Waals surface area contributed by atoms with Crippen LogP contribution in [0.2, 0.25) is 0 Å². The lowest BCUT2D eigenvalue weighted by molar-refractivity contribution is 0.184. The molecule has 0 saturated carbocycles. The van der Waals surface area contributed by atoms with E-state index in [2.05, 4.69) is 17.4 Å². The highest BCUT2D eigenvalue weighted by molar-refractivity contribution is 5.36. The average molecular weight is 235 g/mol. The van der Waals surface area contributed by atoms with Crippen LogP contribution in [0.5, 0.6) is 5.75 Å². The fraction of sp³-hybridized carbons (Fsp3) is 0.571. The van der Waals surface area contributed by atoms with Crippen molar-refractivity contribution in [3.63, 3.8) is 0 Å². The first kappa shape index (κ1) is 12.4. The number of hydrogen-bond donors (Lipinski definition) is 1. The number of piperidine rings is 1. The van der Waals surface area contributed by atoms with Gasteiger partial charge in [0, 0.05) is 7.11 Å². The molecule has 0 bridgehead atoms. The summed E-state index contributed by atoms with van der Waals surface area (Å²) in [5.74, 6) is 1.59. The molecule has 1 aromatic rings. The Bertz CT molecular complexity index is 359. The highest BCUT2D eigenvalue weighted by Crippen LogP contribution is 2.29. The van der Waals surface area contributed by atoms with E-state index in [0.717, 1.165) is 18.8 Å². The number of nitrogens with one attached hydrogen (secondary N) is 1. The molecule has 1 N–H and O–H groups in total. The van der Waals surface area contributed by atoms with Crippen LogP contribution in [0, 0.1) is 0 Å². The Labute approximate surface area is 103 Å². The molecule has 94 valence electrons. The number of benzene rings is 1. The summed E-state index contributed by atoms with van der Waals surface area (Å²) in [6.45, 7) is 2.87. The molecular formula is C14H21NO2. The van der Waals surface area contributed by atoms with Gasteiger partial charge in [0.1, 0.15) is 5.75 Å². The largest absolute Gasteiger partial charge is 0.497 e. The Morgan fingerprint density at radius 2 is 1.94 bits per heavy atom. The maximum Gasteiger partial charge on any atom is 0.119 e. The topological polar surface area (TPSA) is 30.5 Å². The number of rotatable bonds is 4. The van der Waals surface area contributed by atoms with Crippen molar-refractivity contribution in [1.29, 1.82) is 0 Å². The second-order valence-corrected chi connectivity index (χ2v) is 4.57. The molecule has 0 amide bonds. The van der Waals surface area contributed by atoms with E-state index in [1.54, 1.807) is 14.2 Å². The molecule has 0 radical (unpaired) electrons. The fourth-order valence-electron chi connectivity index (χ4n) is 2.44. The fourth-order valence-corrected chi connectivity index (χ4v) is 2.44. The lowest BCUT2D eigenvalue weighted by Crippen LogP contribution is -2.26. The zero-order chi connectivity index (χ0) is 12.1. The van der Waals surface area contributed by atoms with Crippen LogP contribution >= 0.6 is 0 Å². The van der Waals surface area contributed by atoms with E-state index in [0.29, 0.717) is 12.5 Å². The minimum atomic E-state index is 0.648. The Hall–Kier alpha value is -1.06. The van der Waals surface area contributed by atoms with Gasteiger partial charge in [-0.25, -0.2) is 0 Å². The van der Waals surface area contributed by atoms with Crippen molar-refractivity contribution in [3.8, 4) is 5.75 Å². The summed E-state index contributed by atoms with van der Waals surface area (Å²) in [7, 11) is 3.45. The molecule has 1 aliphatic heterocycles. The van der Waals surface area contributed by atoms with Crippen LogP contribution in [0.15, 0.2) is 18.2 Å². The van der Waals surface area contributed by atoms with Crippen LogP contribution in [0.1, 0.15) is 29.9 Å². The summed E-state index contributed by atoms with van der Waals surface area (Å²) >= 11 is 0. The maximum absolute atomic E-state index is 5.36. The van der Waals surface area contributed by atoms with Crippen molar-refractivity contribution >= 4 is 0 Å². The number of ether oxygens (including phenoxy) is 2. The van der Waals surface area contributed by atoms with E-state index in [1.165, 1.54) is 24.0 Å². The molecule has 0 unspecified atom stereocenters. The second-order valence-electron chi connectivity index (χ2n) is 4.57. The van der Waals surface area contributed by atoms with Gasteiger partial charge in [-0.15, -0.1) is 0 Å². The number of methoxy groups -OCH3 is 2. The van der Waals surface area contributed by atoms with Gasteiger partial charge in [0.15, 0.2) is 0 Å². The molecule has 1 heterocycles. The van der Waals surface area contributed by atoms with Gasteiger partial charge < -0.3 is 14.8 Å². The Kier molecular flexibility index (Phi) is 4.40. The molecule has 0 spiro atoms. The van der Waals surface area contributed by atoms with Crippen LogP contribution < -0.4 is 10.1 Å². The molecule has 0 atom stereocenters. The normalized spacial score (nSPS) is 17.1. The SMILES string of the molecule is COCc1cc(OC)cc(C2CCNCC2)c1. The predicted molar refractivity (Wildman–Crippen MR) is 68.6 cm³/mol. The molecule has 2 rings (SSSR count). The van der Waals surface area contributed by atoms with Gasteiger partial charge in [0.2, 0.25) is 0 Å². The third-order valence-electron chi connectivity index (χ3n) is 3.35. The standard InChI is InChI=1S/C14H21NO2/c1-16-10-11-7-13(9-14(8-11)17-2)12-3-5-15-6-4-12/h7-9,12,15H,3-6,10H2,1-2H3. The number of hydrogen-bond acceptors (Lipinski definition) is 3. The highest BCUT2D eigenvalue weighted by Gasteiger charge is 2.16. The van der Waals surface area contributed by atoms with E-state index in [9.17, 15) is 0 Å². The molecule has 1 fully saturated rings.